The van der Waals surface area contributed by atoms with Crippen molar-refractivity contribution in [3.8, 4) is 11.3 Å². The number of aryl methyl sites for hydroxylation is 1. The highest BCUT2D eigenvalue weighted by atomic mass is 32.1. The molecular weight excluding hydrogens is 413 g/mol. The predicted molar refractivity (Wildman–Crippen MR) is 121 cm³/mol. The maximum atomic E-state index is 13.1. The Hall–Kier alpha value is -3.26. The maximum absolute atomic E-state index is 13.1. The van der Waals surface area contributed by atoms with Crippen LogP contribution >= 0.6 is 11.3 Å². The molecule has 0 radical (unpaired) electrons. The highest BCUT2D eigenvalue weighted by molar-refractivity contribution is 7.20. The quantitative estimate of drug-likeness (QED) is 0.502. The molecule has 4 aromatic rings. The zero-order chi connectivity index (χ0) is 21.4. The number of piperidine rings is 1. The van der Waals surface area contributed by atoms with E-state index in [4.69, 9.17) is 10.1 Å². The fraction of sp³-hybridized carbons (Fsp3) is 0.261. The van der Waals surface area contributed by atoms with Gasteiger partial charge < -0.3 is 10.2 Å². The summed E-state index contributed by atoms with van der Waals surface area (Å²) < 4.78 is 14.9. The summed E-state index contributed by atoms with van der Waals surface area (Å²) >= 11 is 1.54. The van der Waals surface area contributed by atoms with E-state index in [9.17, 15) is 9.18 Å². The van der Waals surface area contributed by atoms with Crippen LogP contribution in [-0.4, -0.2) is 33.6 Å². The minimum Gasteiger partial charge on any atom is -0.346 e. The lowest BCUT2D eigenvalue weighted by Crippen LogP contribution is -2.40. The molecule has 8 heteroatoms. The van der Waals surface area contributed by atoms with E-state index >= 15 is 0 Å². The fourth-order valence-electron chi connectivity index (χ4n) is 3.82. The molecule has 158 valence electrons. The van der Waals surface area contributed by atoms with Crippen molar-refractivity contribution in [1.82, 2.24) is 14.6 Å². The number of rotatable bonds is 4. The smallest absolute Gasteiger partial charge is 0.229 e. The third-order valence-electron chi connectivity index (χ3n) is 5.55. The number of nitrogens with one attached hydrogen (secondary N) is 1. The van der Waals surface area contributed by atoms with Crippen molar-refractivity contribution >= 4 is 33.0 Å². The van der Waals surface area contributed by atoms with E-state index < -0.39 is 0 Å². The van der Waals surface area contributed by atoms with Crippen molar-refractivity contribution in [3.63, 3.8) is 0 Å². The lowest BCUT2D eigenvalue weighted by atomic mass is 9.97. The molecule has 1 saturated heterocycles. The van der Waals surface area contributed by atoms with Gasteiger partial charge in [0.1, 0.15) is 5.82 Å². The second-order valence-corrected chi connectivity index (χ2v) is 8.82. The number of amides is 1. The molecule has 5 rings (SSSR count). The zero-order valence-corrected chi connectivity index (χ0v) is 17.9. The zero-order valence-electron chi connectivity index (χ0n) is 17.1. The van der Waals surface area contributed by atoms with E-state index in [0.29, 0.717) is 12.2 Å². The molecule has 1 amide bonds. The van der Waals surface area contributed by atoms with Crippen LogP contribution in [0, 0.1) is 18.7 Å². The number of halogens is 1. The maximum Gasteiger partial charge on any atom is 0.229 e. The summed E-state index contributed by atoms with van der Waals surface area (Å²) in [6.45, 7) is 3.53. The van der Waals surface area contributed by atoms with Crippen LogP contribution in [0.3, 0.4) is 0 Å². The summed E-state index contributed by atoms with van der Waals surface area (Å²) in [5, 5.41) is 8.48. The van der Waals surface area contributed by atoms with Gasteiger partial charge in [0.25, 0.3) is 0 Å². The Bertz CT molecular complexity index is 1180. The van der Waals surface area contributed by atoms with Gasteiger partial charge in [-0.05, 0) is 44.0 Å². The van der Waals surface area contributed by atoms with E-state index in [0.717, 1.165) is 40.7 Å². The van der Waals surface area contributed by atoms with Gasteiger partial charge in [-0.3, -0.25) is 4.79 Å². The van der Waals surface area contributed by atoms with Crippen LogP contribution in [0.2, 0.25) is 0 Å². The Labute approximate surface area is 183 Å². The molecular formula is C23H22FN5OS. The van der Waals surface area contributed by atoms with Crippen molar-refractivity contribution in [1.29, 1.82) is 0 Å². The van der Waals surface area contributed by atoms with Gasteiger partial charge in [-0.2, -0.15) is 0 Å². The first-order valence-corrected chi connectivity index (χ1v) is 11.1. The number of carbonyl (C=O) groups excluding carboxylic acids is 1. The van der Waals surface area contributed by atoms with Gasteiger partial charge in [0.05, 0.1) is 17.8 Å². The molecule has 2 aromatic heterocycles. The van der Waals surface area contributed by atoms with Gasteiger partial charge in [0.2, 0.25) is 16.0 Å². The molecule has 6 nitrogen and oxygen atoms in total. The normalized spacial score (nSPS) is 16.6. The molecule has 2 aromatic carbocycles. The molecule has 0 aliphatic carbocycles. The number of hydrogen-bond donors (Lipinski definition) is 1. The number of hydrogen-bond acceptors (Lipinski definition) is 5. The van der Waals surface area contributed by atoms with Crippen LogP contribution < -0.4 is 10.2 Å². The molecule has 1 aliphatic rings. The Morgan fingerprint density at radius 1 is 1.16 bits per heavy atom. The summed E-state index contributed by atoms with van der Waals surface area (Å²) in [7, 11) is 0. The second kappa shape index (κ2) is 8.11. The molecule has 0 bridgehead atoms. The molecule has 3 heterocycles. The molecule has 0 spiro atoms. The van der Waals surface area contributed by atoms with Crippen molar-refractivity contribution in [2.75, 3.05) is 23.3 Å². The lowest BCUT2D eigenvalue weighted by molar-refractivity contribution is -0.120. The predicted octanol–water partition coefficient (Wildman–Crippen LogP) is 4.76. The van der Waals surface area contributed by atoms with Gasteiger partial charge in [-0.1, -0.05) is 41.2 Å². The molecule has 0 saturated carbocycles. The van der Waals surface area contributed by atoms with E-state index in [-0.39, 0.29) is 17.6 Å². The molecule has 1 atom stereocenters. The molecule has 1 aliphatic heterocycles. The van der Waals surface area contributed by atoms with Crippen LogP contribution in [0.15, 0.2) is 54.7 Å². The third kappa shape index (κ3) is 4.16. The van der Waals surface area contributed by atoms with Crippen LogP contribution in [0.5, 0.6) is 0 Å². The number of fused-ring (bicyclic) bond motifs is 1. The first-order chi connectivity index (χ1) is 15.0. The SMILES string of the molecule is Cc1ccc(-c2cn3nc(N4CCC[C@@H](C(=O)Nc5ccc(F)cc5)C4)sc3n2)cc1. The van der Waals surface area contributed by atoms with Crippen LogP contribution in [0.1, 0.15) is 18.4 Å². The third-order valence-corrected chi connectivity index (χ3v) is 6.54. The highest BCUT2D eigenvalue weighted by Gasteiger charge is 2.28. The summed E-state index contributed by atoms with van der Waals surface area (Å²) in [4.78, 5) is 20.4. The molecule has 1 N–H and O–H groups in total. The molecule has 1 fully saturated rings. The van der Waals surface area contributed by atoms with Crippen molar-refractivity contribution in [3.05, 3.63) is 66.1 Å². The average molecular weight is 436 g/mol. The van der Waals surface area contributed by atoms with Gasteiger partial charge >= 0.3 is 0 Å². The van der Waals surface area contributed by atoms with Gasteiger partial charge in [-0.15, -0.1) is 5.10 Å². The standard InChI is InChI=1S/C23H22FN5OS/c1-15-4-6-16(7-5-15)20-14-29-22(26-20)31-23(27-29)28-12-2-3-17(13-28)21(30)25-19-10-8-18(24)9-11-19/h4-11,14,17H,2-3,12-13H2,1H3,(H,25,30)/t17-/m1/s1. The van der Waals surface area contributed by atoms with E-state index in [2.05, 4.69) is 41.4 Å². The van der Waals surface area contributed by atoms with Crippen molar-refractivity contribution in [2.45, 2.75) is 19.8 Å². The van der Waals surface area contributed by atoms with Gasteiger partial charge in [0.15, 0.2) is 0 Å². The lowest BCUT2D eigenvalue weighted by Gasteiger charge is -2.31. The number of aromatic nitrogens is 3. The van der Waals surface area contributed by atoms with E-state index in [1.54, 1.807) is 12.1 Å². The van der Waals surface area contributed by atoms with E-state index in [1.165, 1.54) is 29.0 Å². The Morgan fingerprint density at radius 2 is 1.94 bits per heavy atom. The number of anilines is 2. The number of benzene rings is 2. The van der Waals surface area contributed by atoms with Crippen LogP contribution in [-0.2, 0) is 4.79 Å². The minimum atomic E-state index is -0.318. The summed E-state index contributed by atoms with van der Waals surface area (Å²) in [6.07, 6.45) is 3.68. The Kier molecular flexibility index (Phi) is 5.15. The van der Waals surface area contributed by atoms with E-state index in [1.807, 2.05) is 10.7 Å². The number of carbonyl (C=O) groups is 1. The van der Waals surface area contributed by atoms with Crippen LogP contribution in [0.4, 0.5) is 15.2 Å². The van der Waals surface area contributed by atoms with Crippen molar-refractivity contribution in [2.24, 2.45) is 5.92 Å². The Morgan fingerprint density at radius 3 is 2.68 bits per heavy atom. The molecule has 31 heavy (non-hydrogen) atoms. The fourth-order valence-corrected chi connectivity index (χ4v) is 4.74. The minimum absolute atomic E-state index is 0.0423. The summed E-state index contributed by atoms with van der Waals surface area (Å²) in [6, 6.07) is 14.1. The topological polar surface area (TPSA) is 62.5 Å². The summed E-state index contributed by atoms with van der Waals surface area (Å²) in [5.41, 5.74) is 3.80. The Balaban J connectivity index is 1.29. The number of imidazole rings is 1. The first-order valence-electron chi connectivity index (χ1n) is 10.3. The van der Waals surface area contributed by atoms with Gasteiger partial charge in [0, 0.05) is 24.3 Å². The molecule has 0 unspecified atom stereocenters. The second-order valence-electron chi connectivity index (χ2n) is 7.89. The van der Waals surface area contributed by atoms with Crippen molar-refractivity contribution < 1.29 is 9.18 Å². The number of nitrogens with zero attached hydrogens (tertiary/aromatic N) is 4. The largest absolute Gasteiger partial charge is 0.346 e. The first kappa shape index (κ1) is 19.7. The van der Waals surface area contributed by atoms with Crippen LogP contribution in [0.25, 0.3) is 16.2 Å². The average Bonchev–Trinajstić information content (AvgIpc) is 3.35. The monoisotopic (exact) mass is 435 g/mol. The van der Waals surface area contributed by atoms with Gasteiger partial charge in [-0.25, -0.2) is 13.9 Å². The summed E-state index contributed by atoms with van der Waals surface area (Å²) in [5.74, 6) is -0.501. The highest BCUT2D eigenvalue weighted by Crippen LogP contribution is 2.30.